The summed E-state index contributed by atoms with van der Waals surface area (Å²) in [6, 6.07) is 14.0. The van der Waals surface area contributed by atoms with E-state index in [-0.39, 0.29) is 11.3 Å². The molecular weight excluding hydrogens is 448 g/mol. The number of ether oxygens (including phenoxy) is 2. The number of nitrogens with zero attached hydrogens (tertiary/aromatic N) is 2. The number of anilines is 1. The number of aryl methyl sites for hydroxylation is 2. The van der Waals surface area contributed by atoms with Gasteiger partial charge in [0.2, 0.25) is 0 Å². The molecule has 0 bridgehead atoms. The van der Waals surface area contributed by atoms with Gasteiger partial charge in [-0.15, -0.1) is 11.3 Å². The lowest BCUT2D eigenvalue weighted by Gasteiger charge is -2.23. The fourth-order valence-electron chi connectivity index (χ4n) is 3.59. The van der Waals surface area contributed by atoms with Crippen molar-refractivity contribution >= 4 is 29.0 Å². The molecule has 1 aliphatic rings. The molecule has 3 aromatic rings. The number of benzene rings is 2. The van der Waals surface area contributed by atoms with Gasteiger partial charge >= 0.3 is 11.9 Å². The molecule has 6 nitrogen and oxygen atoms in total. The van der Waals surface area contributed by atoms with Crippen LogP contribution in [0.2, 0.25) is 0 Å². The number of thiazole rings is 1. The molecular formula is C27H24N2O4S. The van der Waals surface area contributed by atoms with Crippen molar-refractivity contribution in [1.82, 2.24) is 4.98 Å². The molecule has 0 amide bonds. The van der Waals surface area contributed by atoms with Crippen LogP contribution in [0.5, 0.6) is 0 Å². The van der Waals surface area contributed by atoms with Crippen LogP contribution < -0.4 is 4.90 Å². The summed E-state index contributed by atoms with van der Waals surface area (Å²) in [5.74, 6) is -1.27. The van der Waals surface area contributed by atoms with Gasteiger partial charge in [0.15, 0.2) is 0 Å². The SMILES string of the molecule is COC(=O)C1=C(C(=O)OC)N(c2cccc(-c3nc(-c4ccc(C)c(C)c4)cs3)c2)C=CC=C1. The van der Waals surface area contributed by atoms with E-state index in [1.165, 1.54) is 31.4 Å². The lowest BCUT2D eigenvalue weighted by Crippen LogP contribution is -2.26. The third-order valence-corrected chi connectivity index (χ3v) is 6.46. The van der Waals surface area contributed by atoms with Gasteiger partial charge in [0, 0.05) is 28.4 Å². The van der Waals surface area contributed by atoms with Crippen molar-refractivity contribution in [2.75, 3.05) is 19.1 Å². The van der Waals surface area contributed by atoms with E-state index in [0.29, 0.717) is 5.69 Å². The normalized spacial score (nSPS) is 13.1. The lowest BCUT2D eigenvalue weighted by atomic mass is 10.1. The highest BCUT2D eigenvalue weighted by molar-refractivity contribution is 7.13. The Labute approximate surface area is 202 Å². The number of rotatable bonds is 5. The van der Waals surface area contributed by atoms with Crippen LogP contribution in [0, 0.1) is 13.8 Å². The fraction of sp³-hybridized carbons (Fsp3) is 0.148. The zero-order valence-corrected chi connectivity index (χ0v) is 20.2. The van der Waals surface area contributed by atoms with Gasteiger partial charge in [-0.1, -0.05) is 30.3 Å². The summed E-state index contributed by atoms with van der Waals surface area (Å²) >= 11 is 1.55. The first kappa shape index (κ1) is 23.2. The zero-order chi connectivity index (χ0) is 24.2. The van der Waals surface area contributed by atoms with Crippen molar-refractivity contribution in [3.05, 3.63) is 94.7 Å². The van der Waals surface area contributed by atoms with Crippen LogP contribution in [0.3, 0.4) is 0 Å². The number of hydrogen-bond donors (Lipinski definition) is 0. The van der Waals surface area contributed by atoms with Crippen molar-refractivity contribution in [1.29, 1.82) is 0 Å². The second-order valence-electron chi connectivity index (χ2n) is 7.70. The minimum atomic E-state index is -0.645. The second kappa shape index (κ2) is 9.89. The number of esters is 2. The first-order valence-corrected chi connectivity index (χ1v) is 11.5. The Morgan fingerprint density at radius 2 is 1.71 bits per heavy atom. The first-order valence-electron chi connectivity index (χ1n) is 10.6. The van der Waals surface area contributed by atoms with Crippen LogP contribution in [0.4, 0.5) is 5.69 Å². The number of carbonyl (C=O) groups excluding carboxylic acids is 2. The molecule has 0 unspecified atom stereocenters. The highest BCUT2D eigenvalue weighted by atomic mass is 32.1. The first-order chi connectivity index (χ1) is 16.4. The molecule has 1 aromatic heterocycles. The third-order valence-electron chi connectivity index (χ3n) is 5.57. The Hall–Kier alpha value is -3.97. The molecule has 1 aliphatic heterocycles. The van der Waals surface area contributed by atoms with Crippen LogP contribution in [-0.2, 0) is 19.1 Å². The van der Waals surface area contributed by atoms with Crippen molar-refractivity contribution in [3.8, 4) is 21.8 Å². The molecule has 0 saturated heterocycles. The molecule has 4 rings (SSSR count). The van der Waals surface area contributed by atoms with Gasteiger partial charge in [-0.3, -0.25) is 0 Å². The van der Waals surface area contributed by atoms with Gasteiger partial charge in [0.25, 0.3) is 0 Å². The molecule has 0 spiro atoms. The molecule has 2 heterocycles. The predicted molar refractivity (Wildman–Crippen MR) is 134 cm³/mol. The molecule has 0 N–H and O–H groups in total. The summed E-state index contributed by atoms with van der Waals surface area (Å²) in [5, 5.41) is 2.89. The maximum absolute atomic E-state index is 12.7. The third kappa shape index (κ3) is 4.56. The van der Waals surface area contributed by atoms with E-state index < -0.39 is 11.9 Å². The fourth-order valence-corrected chi connectivity index (χ4v) is 4.42. The van der Waals surface area contributed by atoms with E-state index in [9.17, 15) is 9.59 Å². The number of allylic oxidation sites excluding steroid dienone is 2. The average Bonchev–Trinajstić information content (AvgIpc) is 3.25. The Balaban J connectivity index is 1.75. The van der Waals surface area contributed by atoms with Crippen LogP contribution in [0.25, 0.3) is 21.8 Å². The Bertz CT molecular complexity index is 1350. The van der Waals surface area contributed by atoms with E-state index in [4.69, 9.17) is 14.5 Å². The quantitative estimate of drug-likeness (QED) is 0.451. The van der Waals surface area contributed by atoms with Crippen molar-refractivity contribution in [2.24, 2.45) is 0 Å². The molecule has 0 fully saturated rings. The number of methoxy groups -OCH3 is 2. The maximum Gasteiger partial charge on any atom is 0.355 e. The lowest BCUT2D eigenvalue weighted by molar-refractivity contribution is -0.139. The minimum absolute atomic E-state index is 0.0754. The monoisotopic (exact) mass is 472 g/mol. The Morgan fingerprint density at radius 3 is 2.44 bits per heavy atom. The van der Waals surface area contributed by atoms with E-state index in [0.717, 1.165) is 21.8 Å². The molecule has 0 aliphatic carbocycles. The molecule has 2 aromatic carbocycles. The molecule has 0 radical (unpaired) electrons. The summed E-state index contributed by atoms with van der Waals surface area (Å²) in [6.07, 6.45) is 6.66. The zero-order valence-electron chi connectivity index (χ0n) is 19.4. The standard InChI is InChI=1S/C27H24N2O4S/c1-17-11-12-19(14-18(17)2)23-16-34-25(28-23)20-8-7-9-21(15-20)29-13-6-5-10-22(26(30)32-3)24(29)27(31)33-4/h5-16H,1-4H3. The minimum Gasteiger partial charge on any atom is -0.465 e. The van der Waals surface area contributed by atoms with Crippen LogP contribution in [0.1, 0.15) is 11.1 Å². The van der Waals surface area contributed by atoms with E-state index in [1.54, 1.807) is 34.6 Å². The largest absolute Gasteiger partial charge is 0.465 e. The Kier molecular flexibility index (Phi) is 6.75. The second-order valence-corrected chi connectivity index (χ2v) is 8.56. The topological polar surface area (TPSA) is 68.7 Å². The smallest absolute Gasteiger partial charge is 0.355 e. The Morgan fingerprint density at radius 1 is 0.912 bits per heavy atom. The van der Waals surface area contributed by atoms with Crippen LogP contribution in [-0.4, -0.2) is 31.1 Å². The molecule has 0 atom stereocenters. The number of carbonyl (C=O) groups is 2. The molecule has 7 heteroatoms. The molecule has 0 saturated carbocycles. The van der Waals surface area contributed by atoms with Crippen molar-refractivity contribution in [2.45, 2.75) is 13.8 Å². The van der Waals surface area contributed by atoms with Gasteiger partial charge < -0.3 is 14.4 Å². The summed E-state index contributed by atoms with van der Waals surface area (Å²) in [4.78, 5) is 31.6. The van der Waals surface area contributed by atoms with Gasteiger partial charge in [-0.25, -0.2) is 14.6 Å². The van der Waals surface area contributed by atoms with E-state index >= 15 is 0 Å². The number of aromatic nitrogens is 1. The van der Waals surface area contributed by atoms with Crippen LogP contribution in [0.15, 0.2) is 83.5 Å². The summed E-state index contributed by atoms with van der Waals surface area (Å²) in [7, 11) is 2.55. The number of hydrogen-bond acceptors (Lipinski definition) is 7. The van der Waals surface area contributed by atoms with Crippen LogP contribution >= 0.6 is 11.3 Å². The summed E-state index contributed by atoms with van der Waals surface area (Å²) < 4.78 is 9.87. The van der Waals surface area contributed by atoms with Gasteiger partial charge in [0.1, 0.15) is 10.7 Å². The predicted octanol–water partition coefficient (Wildman–Crippen LogP) is 5.58. The van der Waals surface area contributed by atoms with Gasteiger partial charge in [0.05, 0.1) is 25.5 Å². The van der Waals surface area contributed by atoms with Gasteiger partial charge in [-0.05, 0) is 55.3 Å². The molecule has 172 valence electrons. The van der Waals surface area contributed by atoms with Crippen molar-refractivity contribution < 1.29 is 19.1 Å². The van der Waals surface area contributed by atoms with E-state index in [1.807, 2.05) is 29.6 Å². The highest BCUT2D eigenvalue weighted by Gasteiger charge is 2.27. The van der Waals surface area contributed by atoms with Crippen molar-refractivity contribution in [3.63, 3.8) is 0 Å². The average molecular weight is 473 g/mol. The highest BCUT2D eigenvalue weighted by Crippen LogP contribution is 2.33. The van der Waals surface area contributed by atoms with E-state index in [2.05, 4.69) is 32.0 Å². The molecule has 34 heavy (non-hydrogen) atoms. The maximum atomic E-state index is 12.7. The summed E-state index contributed by atoms with van der Waals surface area (Å²) in [5.41, 5.74) is 6.21. The summed E-state index contributed by atoms with van der Waals surface area (Å²) in [6.45, 7) is 4.18. The van der Waals surface area contributed by atoms with Gasteiger partial charge in [-0.2, -0.15) is 0 Å².